The molecule has 0 amide bonds. The summed E-state index contributed by atoms with van der Waals surface area (Å²) in [5.74, 6) is -2.68. The van der Waals surface area contributed by atoms with E-state index in [1.54, 1.807) is 0 Å². The van der Waals surface area contributed by atoms with E-state index in [9.17, 15) is 34.2 Å². The molecule has 0 heterocycles. The van der Waals surface area contributed by atoms with Crippen LogP contribution in [0.4, 0.5) is 0 Å². The summed E-state index contributed by atoms with van der Waals surface area (Å²) in [5.41, 5.74) is -1.11. The van der Waals surface area contributed by atoms with Crippen LogP contribution in [0.5, 0.6) is 0 Å². The van der Waals surface area contributed by atoms with E-state index in [4.69, 9.17) is 15.3 Å². The Morgan fingerprint density at radius 2 is 0.494 bits per heavy atom. The predicted octanol–water partition coefficient (Wildman–Crippen LogP) is 21.1. The van der Waals surface area contributed by atoms with Crippen molar-refractivity contribution in [2.24, 2.45) is 22.7 Å². The summed E-state index contributed by atoms with van der Waals surface area (Å²) < 4.78 is 0. The first kappa shape index (κ1) is 74.3. The molecule has 3 atom stereocenters. The van der Waals surface area contributed by atoms with Gasteiger partial charge in [0.2, 0.25) is 0 Å². The van der Waals surface area contributed by atoms with Crippen molar-refractivity contribution < 1.29 is 49.5 Å². The van der Waals surface area contributed by atoms with E-state index in [0.717, 1.165) is 180 Å². The Hall–Kier alpha value is -2.65. The van der Waals surface area contributed by atoms with Crippen molar-refractivity contribution in [2.75, 3.05) is 0 Å². The monoisotopic (exact) mass is 1090 g/mol. The standard InChI is InChI=1S/C67H126O10/c1-4-5-6-41-50-60(59(2)3)66(56-47-38-30-24-18-14-10-12-16-21-27-34-43-52-62(70)71,55-46-37-29-23-17-13-9-7-8-11-15-20-26-33-42-51-61(68)69)67(65(76)77,58-49-40-32-36-45-54-64(74)75)57-48-39-31-25-19-22-28-35-44-53-63(72)73/h59-60H,4-58H2,1-3H3,(H,68,69)(H,70,71)(H,72,73)(H,74,75)(H,76,77). The molecule has 0 aliphatic rings. The average Bonchev–Trinajstić information content (AvgIpc) is 3.38. The summed E-state index contributed by atoms with van der Waals surface area (Å²) in [6.45, 7) is 7.08. The van der Waals surface area contributed by atoms with Crippen molar-refractivity contribution in [3.8, 4) is 0 Å². The van der Waals surface area contributed by atoms with Gasteiger partial charge in [-0.2, -0.15) is 0 Å². The third-order valence-electron chi connectivity index (χ3n) is 17.8. The first-order valence-corrected chi connectivity index (χ1v) is 33.4. The molecule has 0 aliphatic heterocycles. The number of rotatable bonds is 63. The molecular formula is C67H126O10. The molecule has 3 unspecified atom stereocenters. The maximum atomic E-state index is 14.8. The van der Waals surface area contributed by atoms with Gasteiger partial charge in [-0.1, -0.05) is 290 Å². The predicted molar refractivity (Wildman–Crippen MR) is 321 cm³/mol. The van der Waals surface area contributed by atoms with Gasteiger partial charge in [0, 0.05) is 25.7 Å². The van der Waals surface area contributed by atoms with E-state index < -0.39 is 35.3 Å². The van der Waals surface area contributed by atoms with Gasteiger partial charge in [0.25, 0.3) is 0 Å². The molecule has 0 fully saturated rings. The van der Waals surface area contributed by atoms with E-state index >= 15 is 0 Å². The maximum Gasteiger partial charge on any atom is 0.310 e. The minimum Gasteiger partial charge on any atom is -0.481 e. The third kappa shape index (κ3) is 41.9. The summed E-state index contributed by atoms with van der Waals surface area (Å²) in [7, 11) is 0. The van der Waals surface area contributed by atoms with E-state index in [0.29, 0.717) is 31.1 Å². The lowest BCUT2D eigenvalue weighted by molar-refractivity contribution is -0.171. The number of hydrogen-bond acceptors (Lipinski definition) is 5. The van der Waals surface area contributed by atoms with E-state index in [1.165, 1.54) is 135 Å². The van der Waals surface area contributed by atoms with Crippen LogP contribution in [0.3, 0.4) is 0 Å². The van der Waals surface area contributed by atoms with Crippen molar-refractivity contribution in [1.82, 2.24) is 0 Å². The van der Waals surface area contributed by atoms with Crippen LogP contribution in [-0.4, -0.2) is 55.4 Å². The van der Waals surface area contributed by atoms with Gasteiger partial charge in [-0.15, -0.1) is 0 Å². The number of carboxylic acids is 5. The fourth-order valence-corrected chi connectivity index (χ4v) is 13.3. The van der Waals surface area contributed by atoms with Crippen LogP contribution >= 0.6 is 0 Å². The highest BCUT2D eigenvalue weighted by molar-refractivity contribution is 5.76. The largest absolute Gasteiger partial charge is 0.481 e. The zero-order chi connectivity index (χ0) is 56.9. The minimum atomic E-state index is -0.811. The Labute approximate surface area is 474 Å². The summed E-state index contributed by atoms with van der Waals surface area (Å²) in [6, 6.07) is 0. The maximum absolute atomic E-state index is 14.8. The zero-order valence-corrected chi connectivity index (χ0v) is 50.8. The van der Waals surface area contributed by atoms with E-state index in [-0.39, 0.29) is 24.7 Å². The molecule has 0 aliphatic carbocycles. The van der Waals surface area contributed by atoms with Gasteiger partial charge in [0.05, 0.1) is 5.41 Å². The Balaban J connectivity index is 6.28. The highest BCUT2D eigenvalue weighted by Crippen LogP contribution is 2.61. The lowest BCUT2D eigenvalue weighted by Crippen LogP contribution is -2.53. The summed E-state index contributed by atoms with van der Waals surface area (Å²) in [4.78, 5) is 58.6. The third-order valence-corrected chi connectivity index (χ3v) is 17.8. The van der Waals surface area contributed by atoms with Crippen LogP contribution in [0.15, 0.2) is 0 Å². The Kier molecular flexibility index (Phi) is 50.9. The lowest BCUT2D eigenvalue weighted by atomic mass is 9.47. The van der Waals surface area contributed by atoms with E-state index in [1.807, 2.05) is 0 Å². The van der Waals surface area contributed by atoms with Crippen LogP contribution in [0.1, 0.15) is 374 Å². The molecule has 0 aromatic carbocycles. The fraction of sp³-hybridized carbons (Fsp3) is 0.925. The number of aliphatic carboxylic acids is 5. The zero-order valence-electron chi connectivity index (χ0n) is 50.8. The second kappa shape index (κ2) is 52.7. The molecule has 0 saturated heterocycles. The normalized spacial score (nSPS) is 13.7. The molecule has 0 bridgehead atoms. The molecule has 10 heteroatoms. The van der Waals surface area contributed by atoms with Crippen molar-refractivity contribution in [1.29, 1.82) is 0 Å². The van der Waals surface area contributed by atoms with Gasteiger partial charge in [-0.25, -0.2) is 0 Å². The second-order valence-corrected chi connectivity index (χ2v) is 24.7. The molecule has 10 nitrogen and oxygen atoms in total. The quantitative estimate of drug-likeness (QED) is 0.0367. The molecule has 454 valence electrons. The topological polar surface area (TPSA) is 186 Å². The molecule has 0 aromatic heterocycles. The summed E-state index contributed by atoms with van der Waals surface area (Å²) >= 11 is 0. The van der Waals surface area contributed by atoms with Crippen LogP contribution < -0.4 is 0 Å². The van der Waals surface area contributed by atoms with Gasteiger partial charge in [-0.05, 0) is 75.0 Å². The van der Waals surface area contributed by atoms with Crippen molar-refractivity contribution in [3.05, 3.63) is 0 Å². The minimum absolute atomic E-state index is 0.195. The van der Waals surface area contributed by atoms with Gasteiger partial charge in [0.15, 0.2) is 0 Å². The smallest absolute Gasteiger partial charge is 0.310 e. The van der Waals surface area contributed by atoms with Crippen LogP contribution in [0.2, 0.25) is 0 Å². The first-order valence-electron chi connectivity index (χ1n) is 33.4. The summed E-state index contributed by atoms with van der Waals surface area (Å²) in [5, 5.41) is 48.2. The number of carboxylic acid groups (broad SMARTS) is 5. The molecule has 5 N–H and O–H groups in total. The van der Waals surface area contributed by atoms with Gasteiger partial charge in [-0.3, -0.25) is 24.0 Å². The highest BCUT2D eigenvalue weighted by atomic mass is 16.4. The Bertz CT molecular complexity index is 1400. The molecule has 0 saturated carbocycles. The number of hydrogen-bond donors (Lipinski definition) is 5. The fourth-order valence-electron chi connectivity index (χ4n) is 13.3. The lowest BCUT2D eigenvalue weighted by Gasteiger charge is -2.55. The van der Waals surface area contributed by atoms with E-state index in [2.05, 4.69) is 20.8 Å². The van der Waals surface area contributed by atoms with Crippen molar-refractivity contribution in [2.45, 2.75) is 374 Å². The number of carbonyl (C=O) groups is 5. The first-order chi connectivity index (χ1) is 37.3. The molecule has 77 heavy (non-hydrogen) atoms. The number of unbranched alkanes of at least 4 members (excludes halogenated alkanes) is 41. The van der Waals surface area contributed by atoms with Crippen LogP contribution in [0.25, 0.3) is 0 Å². The Morgan fingerprint density at radius 3 is 0.701 bits per heavy atom. The van der Waals surface area contributed by atoms with Gasteiger partial charge >= 0.3 is 29.8 Å². The molecular weight excluding hydrogens is 965 g/mol. The van der Waals surface area contributed by atoms with Crippen molar-refractivity contribution >= 4 is 29.8 Å². The van der Waals surface area contributed by atoms with Gasteiger partial charge < -0.3 is 25.5 Å². The molecule has 0 aromatic rings. The Morgan fingerprint density at radius 1 is 0.286 bits per heavy atom. The summed E-state index contributed by atoms with van der Waals surface area (Å²) in [6.07, 6.45) is 56.9. The van der Waals surface area contributed by atoms with Crippen molar-refractivity contribution in [3.63, 3.8) is 0 Å². The average molecular weight is 1090 g/mol. The molecule has 0 spiro atoms. The van der Waals surface area contributed by atoms with Gasteiger partial charge in [0.1, 0.15) is 0 Å². The molecule has 0 radical (unpaired) electrons. The van der Waals surface area contributed by atoms with Crippen LogP contribution in [0, 0.1) is 22.7 Å². The van der Waals surface area contributed by atoms with Crippen LogP contribution in [-0.2, 0) is 24.0 Å². The molecule has 0 rings (SSSR count). The highest BCUT2D eigenvalue weighted by Gasteiger charge is 2.58. The second-order valence-electron chi connectivity index (χ2n) is 24.7. The SMILES string of the molecule is CCCCCCC(C(C)C)C(CCCCCCCCCCCCCCCCCC(=O)O)(CCCCCCCCCCCCCCCC(=O)O)C(CCCCCCCCCCCC(=O)O)(CCCCCCCC(=O)O)C(=O)O.